The molecule has 2 heteroatoms. The second-order valence-electron chi connectivity index (χ2n) is 12.4. The number of hydrogen-bond donors (Lipinski definition) is 0. The topological polar surface area (TPSA) is 0 Å². The summed E-state index contributed by atoms with van der Waals surface area (Å²) in [6.45, 7) is 15.2. The van der Waals surface area contributed by atoms with E-state index < -0.39 is 0 Å². The SMILES string of the molecule is CCCCCCCCCCCCCCCCCCCC[N+](CCCCC)(CCCCC)CCCCC.[Cl-]. The molecule has 0 rings (SSSR count). The monoisotopic (exact) mass is 544 g/mol. The second kappa shape index (κ2) is 32.5. The summed E-state index contributed by atoms with van der Waals surface area (Å²) in [5.74, 6) is 0. The maximum absolute atomic E-state index is 2.36. The molecule has 0 aromatic rings. The zero-order valence-electron chi connectivity index (χ0n) is 26.7. The average Bonchev–Trinajstić information content (AvgIpc) is 2.88. The van der Waals surface area contributed by atoms with Crippen molar-refractivity contribution in [3.63, 3.8) is 0 Å². The van der Waals surface area contributed by atoms with Gasteiger partial charge >= 0.3 is 0 Å². The van der Waals surface area contributed by atoms with Gasteiger partial charge in [-0.3, -0.25) is 0 Å². The van der Waals surface area contributed by atoms with Gasteiger partial charge in [0.25, 0.3) is 0 Å². The largest absolute Gasteiger partial charge is 1.00 e. The van der Waals surface area contributed by atoms with Gasteiger partial charge in [-0.2, -0.15) is 0 Å². The summed E-state index contributed by atoms with van der Waals surface area (Å²) < 4.78 is 1.46. The number of quaternary nitrogens is 1. The third-order valence-corrected chi connectivity index (χ3v) is 8.69. The van der Waals surface area contributed by atoms with Crippen LogP contribution in [-0.2, 0) is 0 Å². The summed E-state index contributed by atoms with van der Waals surface area (Å²) in [5.41, 5.74) is 0. The smallest absolute Gasteiger partial charge is 0.0786 e. The lowest BCUT2D eigenvalue weighted by atomic mass is 10.0. The molecule has 0 aromatic carbocycles. The predicted molar refractivity (Wildman–Crippen MR) is 167 cm³/mol. The third-order valence-electron chi connectivity index (χ3n) is 8.69. The van der Waals surface area contributed by atoms with Gasteiger partial charge in [0.05, 0.1) is 26.2 Å². The van der Waals surface area contributed by atoms with Crippen molar-refractivity contribution in [3.05, 3.63) is 0 Å². The van der Waals surface area contributed by atoms with Crippen molar-refractivity contribution >= 4 is 0 Å². The van der Waals surface area contributed by atoms with E-state index in [0.717, 1.165) is 0 Å². The van der Waals surface area contributed by atoms with Crippen LogP contribution in [0.1, 0.15) is 201 Å². The maximum Gasteiger partial charge on any atom is 0.0786 e. The molecule has 37 heavy (non-hydrogen) atoms. The molecule has 0 aliphatic rings. The van der Waals surface area contributed by atoms with Crippen LogP contribution in [0.5, 0.6) is 0 Å². The fraction of sp³-hybridized carbons (Fsp3) is 1.00. The molecule has 0 heterocycles. The summed E-state index contributed by atoms with van der Waals surface area (Å²) in [5, 5.41) is 0. The Balaban J connectivity index is 0. The van der Waals surface area contributed by atoms with Crippen LogP contribution in [0.2, 0.25) is 0 Å². The van der Waals surface area contributed by atoms with Crippen molar-refractivity contribution in [2.45, 2.75) is 201 Å². The van der Waals surface area contributed by atoms with Crippen LogP contribution < -0.4 is 12.4 Å². The minimum Gasteiger partial charge on any atom is -1.00 e. The highest BCUT2D eigenvalue weighted by Gasteiger charge is 2.25. The molecule has 0 radical (unpaired) electrons. The van der Waals surface area contributed by atoms with Crippen LogP contribution >= 0.6 is 0 Å². The predicted octanol–water partition coefficient (Wildman–Crippen LogP) is 9.42. The Labute approximate surface area is 243 Å². The van der Waals surface area contributed by atoms with Crippen molar-refractivity contribution in [1.29, 1.82) is 0 Å². The lowest BCUT2D eigenvalue weighted by Gasteiger charge is -2.39. The van der Waals surface area contributed by atoms with E-state index in [-0.39, 0.29) is 12.4 Å². The standard InChI is InChI=1S/C35H74N.ClH/c1-5-9-13-14-15-16-17-18-19-20-21-22-23-24-25-26-27-31-35-36(32-28-10-6-2,33-29-11-7-3)34-30-12-8-4;/h5-35H2,1-4H3;1H/q+1;/p-1. The van der Waals surface area contributed by atoms with Gasteiger partial charge in [-0.1, -0.05) is 150 Å². The molecule has 226 valence electrons. The van der Waals surface area contributed by atoms with Crippen molar-refractivity contribution in [3.8, 4) is 0 Å². The first-order valence-corrected chi connectivity index (χ1v) is 17.6. The van der Waals surface area contributed by atoms with Crippen molar-refractivity contribution in [2.24, 2.45) is 0 Å². The fourth-order valence-corrected chi connectivity index (χ4v) is 6.11. The molecule has 0 saturated heterocycles. The number of hydrogen-bond acceptors (Lipinski definition) is 0. The molecule has 0 aliphatic carbocycles. The number of rotatable bonds is 31. The van der Waals surface area contributed by atoms with E-state index in [1.54, 1.807) is 0 Å². The van der Waals surface area contributed by atoms with Gasteiger partial charge in [0, 0.05) is 0 Å². The van der Waals surface area contributed by atoms with E-state index in [4.69, 9.17) is 0 Å². The number of nitrogens with zero attached hydrogens (tertiary/aromatic N) is 1. The molecule has 0 unspecified atom stereocenters. The van der Waals surface area contributed by atoms with Crippen LogP contribution in [0.15, 0.2) is 0 Å². The van der Waals surface area contributed by atoms with E-state index in [2.05, 4.69) is 27.7 Å². The highest BCUT2D eigenvalue weighted by atomic mass is 35.5. The molecule has 0 bridgehead atoms. The Hall–Kier alpha value is 0.250. The summed E-state index contributed by atoms with van der Waals surface area (Å²) in [6, 6.07) is 0. The van der Waals surface area contributed by atoms with Crippen LogP contribution in [-0.4, -0.2) is 30.7 Å². The highest BCUT2D eigenvalue weighted by molar-refractivity contribution is 4.54. The first-order chi connectivity index (χ1) is 17.7. The Kier molecular flexibility index (Phi) is 34.6. The maximum atomic E-state index is 2.36. The van der Waals surface area contributed by atoms with Crippen LogP contribution in [0.4, 0.5) is 0 Å². The summed E-state index contributed by atoms with van der Waals surface area (Å²) in [6.07, 6.45) is 39.3. The van der Waals surface area contributed by atoms with Crippen molar-refractivity contribution in [2.75, 3.05) is 26.2 Å². The Morgan fingerprint density at radius 1 is 0.243 bits per heavy atom. The Bertz CT molecular complexity index is 370. The van der Waals surface area contributed by atoms with Gasteiger partial charge in [0.1, 0.15) is 0 Å². The van der Waals surface area contributed by atoms with Crippen LogP contribution in [0.3, 0.4) is 0 Å². The zero-order chi connectivity index (χ0) is 26.4. The van der Waals surface area contributed by atoms with E-state index >= 15 is 0 Å². The summed E-state index contributed by atoms with van der Waals surface area (Å²) in [4.78, 5) is 0. The molecular formula is C35H74ClN. The molecule has 0 fully saturated rings. The van der Waals surface area contributed by atoms with E-state index in [0.29, 0.717) is 0 Å². The molecule has 1 nitrogen and oxygen atoms in total. The normalized spacial score (nSPS) is 11.7. The van der Waals surface area contributed by atoms with Gasteiger partial charge in [0.2, 0.25) is 0 Å². The average molecular weight is 544 g/mol. The molecule has 0 amide bonds. The van der Waals surface area contributed by atoms with E-state index in [9.17, 15) is 0 Å². The molecule has 0 saturated carbocycles. The highest BCUT2D eigenvalue weighted by Crippen LogP contribution is 2.20. The fourth-order valence-electron chi connectivity index (χ4n) is 6.11. The molecule has 0 N–H and O–H groups in total. The second-order valence-corrected chi connectivity index (χ2v) is 12.4. The third kappa shape index (κ3) is 27.6. The van der Waals surface area contributed by atoms with Crippen LogP contribution in [0.25, 0.3) is 0 Å². The van der Waals surface area contributed by atoms with Crippen LogP contribution in [0, 0.1) is 0 Å². The Morgan fingerprint density at radius 3 is 0.649 bits per heavy atom. The van der Waals surface area contributed by atoms with Gasteiger partial charge in [-0.15, -0.1) is 0 Å². The summed E-state index contributed by atoms with van der Waals surface area (Å²) in [7, 11) is 0. The molecule has 0 aliphatic heterocycles. The molecule has 0 spiro atoms. The van der Waals surface area contributed by atoms with Gasteiger partial charge in [-0.25, -0.2) is 0 Å². The van der Waals surface area contributed by atoms with Crippen molar-refractivity contribution in [1.82, 2.24) is 0 Å². The van der Waals surface area contributed by atoms with Gasteiger partial charge < -0.3 is 16.9 Å². The minimum atomic E-state index is 0. The first-order valence-electron chi connectivity index (χ1n) is 17.6. The Morgan fingerprint density at radius 2 is 0.405 bits per heavy atom. The number of halogens is 1. The van der Waals surface area contributed by atoms with Gasteiger partial charge in [0.15, 0.2) is 0 Å². The quantitative estimate of drug-likeness (QED) is 0.0603. The van der Waals surface area contributed by atoms with Gasteiger partial charge in [-0.05, 0) is 51.4 Å². The minimum absolute atomic E-state index is 0. The first kappa shape index (κ1) is 39.4. The number of unbranched alkanes of at least 4 members (excludes halogenated alkanes) is 23. The summed E-state index contributed by atoms with van der Waals surface area (Å²) >= 11 is 0. The van der Waals surface area contributed by atoms with E-state index in [1.807, 2.05) is 0 Å². The lowest BCUT2D eigenvalue weighted by molar-refractivity contribution is -0.929. The van der Waals surface area contributed by atoms with Crippen molar-refractivity contribution < 1.29 is 16.9 Å². The molecular weight excluding hydrogens is 470 g/mol. The van der Waals surface area contributed by atoms with E-state index in [1.165, 1.54) is 204 Å². The molecule has 0 atom stereocenters. The molecule has 0 aromatic heterocycles. The lowest BCUT2D eigenvalue weighted by Crippen LogP contribution is -3.00. The zero-order valence-corrected chi connectivity index (χ0v) is 27.5.